The molecule has 1 fully saturated rings. The van der Waals surface area contributed by atoms with E-state index in [1.165, 1.54) is 37.7 Å². The second kappa shape index (κ2) is 8.46. The third kappa shape index (κ3) is 4.69. The van der Waals surface area contributed by atoms with Crippen LogP contribution in [0.4, 0.5) is 4.39 Å². The summed E-state index contributed by atoms with van der Waals surface area (Å²) < 4.78 is 14.1. The lowest BCUT2D eigenvalue weighted by molar-refractivity contribution is 0.278. The van der Waals surface area contributed by atoms with Gasteiger partial charge in [0.15, 0.2) is 0 Å². The van der Waals surface area contributed by atoms with Crippen LogP contribution in [0, 0.1) is 24.6 Å². The fourth-order valence-electron chi connectivity index (χ4n) is 3.69. The van der Waals surface area contributed by atoms with E-state index in [2.05, 4.69) is 31.2 Å². The maximum absolute atomic E-state index is 14.1. The molecule has 3 rings (SSSR count). The number of hydrogen-bond donors (Lipinski definition) is 0. The standard InChI is InChI=1S/C22H27F.CH4/c1-16-3-6-18(7-4-16)8-9-19-10-12-20(13-11-19)21-14-5-17(2)15-22(21)23;/h5,10-16,18H,3-4,6-9H2,1-2H3;1H4. The van der Waals surface area contributed by atoms with Crippen LogP contribution in [0.5, 0.6) is 0 Å². The molecular formula is C23H31F. The van der Waals surface area contributed by atoms with E-state index in [9.17, 15) is 4.39 Å². The minimum atomic E-state index is -0.130. The summed E-state index contributed by atoms with van der Waals surface area (Å²) in [5.74, 6) is 1.70. The first kappa shape index (κ1) is 18.7. The quantitative estimate of drug-likeness (QED) is 0.557. The maximum atomic E-state index is 14.1. The number of rotatable bonds is 4. The molecular weight excluding hydrogens is 295 g/mol. The van der Waals surface area contributed by atoms with E-state index in [0.717, 1.165) is 29.4 Å². The molecule has 0 radical (unpaired) electrons. The maximum Gasteiger partial charge on any atom is 0.131 e. The Hall–Kier alpha value is -1.63. The van der Waals surface area contributed by atoms with E-state index in [1.54, 1.807) is 6.07 Å². The van der Waals surface area contributed by atoms with Gasteiger partial charge in [-0.15, -0.1) is 0 Å². The first-order valence-electron chi connectivity index (χ1n) is 8.97. The minimum Gasteiger partial charge on any atom is -0.206 e. The normalized spacial score (nSPS) is 20.5. The largest absolute Gasteiger partial charge is 0.206 e. The van der Waals surface area contributed by atoms with Gasteiger partial charge in [0, 0.05) is 5.56 Å². The number of aryl methyl sites for hydroxylation is 2. The molecule has 130 valence electrons. The molecule has 0 atom stereocenters. The van der Waals surface area contributed by atoms with E-state index in [4.69, 9.17) is 0 Å². The predicted molar refractivity (Wildman–Crippen MR) is 103 cm³/mol. The second-order valence-electron chi connectivity index (χ2n) is 7.34. The van der Waals surface area contributed by atoms with Gasteiger partial charge in [0.1, 0.15) is 5.82 Å². The summed E-state index contributed by atoms with van der Waals surface area (Å²) in [6, 6.07) is 13.9. The molecule has 0 spiro atoms. The van der Waals surface area contributed by atoms with Crippen molar-refractivity contribution in [2.75, 3.05) is 0 Å². The van der Waals surface area contributed by atoms with Gasteiger partial charge in [0.25, 0.3) is 0 Å². The SMILES string of the molecule is C.Cc1ccc(-c2ccc(CCC3CCC(C)CC3)cc2)c(F)c1. The van der Waals surface area contributed by atoms with Crippen molar-refractivity contribution >= 4 is 0 Å². The topological polar surface area (TPSA) is 0 Å². The molecule has 1 aliphatic rings. The van der Waals surface area contributed by atoms with Crippen LogP contribution >= 0.6 is 0 Å². The molecule has 1 heteroatoms. The van der Waals surface area contributed by atoms with Crippen molar-refractivity contribution in [3.63, 3.8) is 0 Å². The van der Waals surface area contributed by atoms with Crippen LogP contribution in [-0.2, 0) is 6.42 Å². The highest BCUT2D eigenvalue weighted by Crippen LogP contribution is 2.31. The van der Waals surface area contributed by atoms with Crippen LogP contribution in [0.1, 0.15) is 57.6 Å². The fourth-order valence-corrected chi connectivity index (χ4v) is 3.69. The van der Waals surface area contributed by atoms with Crippen LogP contribution in [0.15, 0.2) is 42.5 Å². The Morgan fingerprint density at radius 3 is 2.25 bits per heavy atom. The first-order chi connectivity index (χ1) is 11.1. The van der Waals surface area contributed by atoms with Gasteiger partial charge in [-0.3, -0.25) is 0 Å². The summed E-state index contributed by atoms with van der Waals surface area (Å²) in [7, 11) is 0. The minimum absolute atomic E-state index is 0. The Balaban J connectivity index is 0.00000208. The van der Waals surface area contributed by atoms with Gasteiger partial charge in [0.2, 0.25) is 0 Å². The van der Waals surface area contributed by atoms with E-state index >= 15 is 0 Å². The molecule has 1 saturated carbocycles. The van der Waals surface area contributed by atoms with Crippen molar-refractivity contribution in [3.8, 4) is 11.1 Å². The van der Waals surface area contributed by atoms with Crippen LogP contribution in [0.2, 0.25) is 0 Å². The smallest absolute Gasteiger partial charge is 0.131 e. The van der Waals surface area contributed by atoms with Gasteiger partial charge < -0.3 is 0 Å². The molecule has 0 nitrogen and oxygen atoms in total. The molecule has 1 aliphatic carbocycles. The summed E-state index contributed by atoms with van der Waals surface area (Å²) in [5, 5.41) is 0. The highest BCUT2D eigenvalue weighted by Gasteiger charge is 2.17. The van der Waals surface area contributed by atoms with Gasteiger partial charge >= 0.3 is 0 Å². The number of halogens is 1. The van der Waals surface area contributed by atoms with Gasteiger partial charge in [-0.25, -0.2) is 4.39 Å². The predicted octanol–water partition coefficient (Wildman–Crippen LogP) is 7.20. The Labute approximate surface area is 147 Å². The summed E-state index contributed by atoms with van der Waals surface area (Å²) in [4.78, 5) is 0. The molecule has 0 aromatic heterocycles. The van der Waals surface area contributed by atoms with E-state index < -0.39 is 0 Å². The zero-order chi connectivity index (χ0) is 16.2. The lowest BCUT2D eigenvalue weighted by Gasteiger charge is -2.26. The van der Waals surface area contributed by atoms with Gasteiger partial charge in [-0.1, -0.05) is 76.4 Å². The molecule has 24 heavy (non-hydrogen) atoms. The van der Waals surface area contributed by atoms with Crippen molar-refractivity contribution in [1.82, 2.24) is 0 Å². The Morgan fingerprint density at radius 1 is 0.958 bits per heavy atom. The zero-order valence-corrected chi connectivity index (χ0v) is 14.3. The molecule has 0 aliphatic heterocycles. The lowest BCUT2D eigenvalue weighted by atomic mass is 9.80. The Bertz CT molecular complexity index is 634. The Kier molecular flexibility index (Phi) is 6.60. The van der Waals surface area contributed by atoms with Gasteiger partial charge in [-0.2, -0.15) is 0 Å². The summed E-state index contributed by atoms with van der Waals surface area (Å²) in [6.07, 6.45) is 8.04. The van der Waals surface area contributed by atoms with Crippen molar-refractivity contribution < 1.29 is 4.39 Å². The van der Waals surface area contributed by atoms with E-state index in [1.807, 2.05) is 19.1 Å². The average Bonchev–Trinajstić information content (AvgIpc) is 2.55. The summed E-state index contributed by atoms with van der Waals surface area (Å²) in [5.41, 5.74) is 4.01. The van der Waals surface area contributed by atoms with Crippen molar-refractivity contribution in [2.45, 2.75) is 59.8 Å². The summed E-state index contributed by atoms with van der Waals surface area (Å²) in [6.45, 7) is 4.29. The zero-order valence-electron chi connectivity index (χ0n) is 14.3. The monoisotopic (exact) mass is 326 g/mol. The Morgan fingerprint density at radius 2 is 1.62 bits per heavy atom. The average molecular weight is 326 g/mol. The fraction of sp³-hybridized carbons (Fsp3) is 0.478. The molecule has 0 amide bonds. The van der Waals surface area contributed by atoms with Crippen molar-refractivity contribution in [2.24, 2.45) is 11.8 Å². The van der Waals surface area contributed by atoms with Crippen molar-refractivity contribution in [1.29, 1.82) is 0 Å². The van der Waals surface area contributed by atoms with Crippen LogP contribution < -0.4 is 0 Å². The third-order valence-electron chi connectivity index (χ3n) is 5.37. The number of benzene rings is 2. The molecule has 0 heterocycles. The second-order valence-corrected chi connectivity index (χ2v) is 7.34. The molecule has 2 aromatic rings. The lowest BCUT2D eigenvalue weighted by Crippen LogP contribution is -2.12. The molecule has 0 saturated heterocycles. The number of hydrogen-bond acceptors (Lipinski definition) is 0. The van der Waals surface area contributed by atoms with E-state index in [0.29, 0.717) is 5.56 Å². The van der Waals surface area contributed by atoms with Gasteiger partial charge in [0.05, 0.1) is 0 Å². The summed E-state index contributed by atoms with van der Waals surface area (Å²) >= 11 is 0. The molecule has 0 unspecified atom stereocenters. The molecule has 0 bridgehead atoms. The highest BCUT2D eigenvalue weighted by atomic mass is 19.1. The highest BCUT2D eigenvalue weighted by molar-refractivity contribution is 5.64. The van der Waals surface area contributed by atoms with E-state index in [-0.39, 0.29) is 13.2 Å². The van der Waals surface area contributed by atoms with Crippen LogP contribution in [0.3, 0.4) is 0 Å². The first-order valence-corrected chi connectivity index (χ1v) is 8.97. The molecule has 2 aromatic carbocycles. The van der Waals surface area contributed by atoms with Crippen molar-refractivity contribution in [3.05, 3.63) is 59.4 Å². The van der Waals surface area contributed by atoms with Gasteiger partial charge in [-0.05, 0) is 54.4 Å². The van der Waals surface area contributed by atoms with Crippen LogP contribution in [-0.4, -0.2) is 0 Å². The third-order valence-corrected chi connectivity index (χ3v) is 5.37. The molecule has 0 N–H and O–H groups in total. The van der Waals surface area contributed by atoms with Crippen LogP contribution in [0.25, 0.3) is 11.1 Å².